The molecule has 0 bridgehead atoms. The fraction of sp³-hybridized carbons (Fsp3) is 0.400. The Hall–Kier alpha value is -1.53. The summed E-state index contributed by atoms with van der Waals surface area (Å²) < 4.78 is 17.0. The van der Waals surface area contributed by atoms with Crippen LogP contribution in [0, 0.1) is 5.92 Å². The summed E-state index contributed by atoms with van der Waals surface area (Å²) in [6.45, 7) is 0.884. The van der Waals surface area contributed by atoms with E-state index in [1.807, 2.05) is 0 Å². The van der Waals surface area contributed by atoms with E-state index in [0.717, 1.165) is 12.7 Å². The Kier molecular flexibility index (Phi) is 5.64. The zero-order chi connectivity index (χ0) is 15.2. The van der Waals surface area contributed by atoms with Crippen molar-refractivity contribution < 1.29 is 24.1 Å². The quantitative estimate of drug-likeness (QED) is 0.439. The number of carboxylic acids is 1. The lowest BCUT2D eigenvalue weighted by molar-refractivity contribution is -0.131. The van der Waals surface area contributed by atoms with E-state index in [1.165, 1.54) is 26.0 Å². The summed E-state index contributed by atoms with van der Waals surface area (Å²) in [6, 6.07) is 3.47. The number of methoxy groups -OCH3 is 1. The minimum atomic E-state index is -1.00. The molecule has 21 heavy (non-hydrogen) atoms. The molecule has 1 aromatic rings. The Morgan fingerprint density at radius 1 is 1.48 bits per heavy atom. The number of ether oxygens (including phenoxy) is 3. The molecule has 0 saturated heterocycles. The van der Waals surface area contributed by atoms with Crippen LogP contribution in [0.4, 0.5) is 0 Å². The van der Waals surface area contributed by atoms with Crippen LogP contribution in [-0.4, -0.2) is 31.6 Å². The molecule has 0 radical (unpaired) electrons. The topological polar surface area (TPSA) is 65.0 Å². The SMILES string of the molecule is COc1cc(/C=C/C(=O)O)cc(Br)c1OCOCC1CC1. The molecule has 1 saturated carbocycles. The highest BCUT2D eigenvalue weighted by molar-refractivity contribution is 9.10. The van der Waals surface area contributed by atoms with Crippen molar-refractivity contribution >= 4 is 28.0 Å². The first kappa shape index (κ1) is 15.9. The first-order valence-corrected chi connectivity index (χ1v) is 7.38. The van der Waals surface area contributed by atoms with Gasteiger partial charge in [0.25, 0.3) is 0 Å². The first-order chi connectivity index (χ1) is 10.1. The van der Waals surface area contributed by atoms with Crippen LogP contribution in [0.25, 0.3) is 6.08 Å². The van der Waals surface area contributed by atoms with Crippen molar-refractivity contribution in [2.75, 3.05) is 20.5 Å². The lowest BCUT2D eigenvalue weighted by Crippen LogP contribution is -2.06. The summed E-state index contributed by atoms with van der Waals surface area (Å²) in [5, 5.41) is 8.65. The highest BCUT2D eigenvalue weighted by Crippen LogP contribution is 2.37. The molecule has 1 aliphatic rings. The Bertz CT molecular complexity index is 537. The van der Waals surface area contributed by atoms with Gasteiger partial charge in [0.15, 0.2) is 18.3 Å². The maximum atomic E-state index is 10.5. The van der Waals surface area contributed by atoms with Crippen LogP contribution in [0.2, 0.25) is 0 Å². The molecule has 0 aliphatic heterocycles. The largest absolute Gasteiger partial charge is 0.493 e. The lowest BCUT2D eigenvalue weighted by atomic mass is 10.2. The van der Waals surface area contributed by atoms with Crippen LogP contribution in [0.1, 0.15) is 18.4 Å². The van der Waals surface area contributed by atoms with Crippen LogP contribution >= 0.6 is 15.9 Å². The van der Waals surface area contributed by atoms with Gasteiger partial charge in [0.05, 0.1) is 18.2 Å². The summed E-state index contributed by atoms with van der Waals surface area (Å²) in [7, 11) is 1.53. The second kappa shape index (κ2) is 7.47. The molecule has 0 atom stereocenters. The van der Waals surface area contributed by atoms with Crippen LogP contribution in [-0.2, 0) is 9.53 Å². The number of hydrogen-bond acceptors (Lipinski definition) is 4. The molecular formula is C15H17BrO5. The molecular weight excluding hydrogens is 340 g/mol. The third kappa shape index (κ3) is 5.06. The number of aliphatic carboxylic acids is 1. The van der Waals surface area contributed by atoms with Gasteiger partial charge in [-0.3, -0.25) is 0 Å². The highest BCUT2D eigenvalue weighted by atomic mass is 79.9. The molecule has 1 aromatic carbocycles. The standard InChI is InChI=1S/C15H17BrO5/c1-19-13-7-11(4-5-14(17)18)6-12(16)15(13)21-9-20-8-10-2-3-10/h4-7,10H,2-3,8-9H2,1H3,(H,17,18)/b5-4+. The lowest BCUT2D eigenvalue weighted by Gasteiger charge is -2.13. The monoisotopic (exact) mass is 356 g/mol. The zero-order valence-corrected chi connectivity index (χ0v) is 13.3. The number of hydrogen-bond donors (Lipinski definition) is 1. The number of carboxylic acid groups (broad SMARTS) is 1. The molecule has 0 heterocycles. The van der Waals surface area contributed by atoms with Crippen molar-refractivity contribution in [1.29, 1.82) is 0 Å². The van der Waals surface area contributed by atoms with E-state index in [4.69, 9.17) is 19.3 Å². The van der Waals surface area contributed by atoms with Crippen LogP contribution in [0.15, 0.2) is 22.7 Å². The summed E-state index contributed by atoms with van der Waals surface area (Å²) >= 11 is 3.40. The van der Waals surface area contributed by atoms with E-state index in [0.29, 0.717) is 27.5 Å². The summed E-state index contributed by atoms with van der Waals surface area (Å²) in [4.78, 5) is 10.5. The van der Waals surface area contributed by atoms with Crippen LogP contribution in [0.5, 0.6) is 11.5 Å². The van der Waals surface area contributed by atoms with E-state index in [2.05, 4.69) is 15.9 Å². The number of carbonyl (C=O) groups is 1. The minimum Gasteiger partial charge on any atom is -0.493 e. The maximum absolute atomic E-state index is 10.5. The fourth-order valence-corrected chi connectivity index (χ4v) is 2.32. The van der Waals surface area contributed by atoms with Gasteiger partial charge in [0.1, 0.15) is 0 Å². The second-order valence-corrected chi connectivity index (χ2v) is 5.64. The van der Waals surface area contributed by atoms with Gasteiger partial charge in [-0.1, -0.05) is 0 Å². The molecule has 0 aromatic heterocycles. The molecule has 1 aliphatic carbocycles. The predicted molar refractivity (Wildman–Crippen MR) is 81.5 cm³/mol. The molecule has 1 N–H and O–H groups in total. The molecule has 0 spiro atoms. The Labute approximate surface area is 131 Å². The third-order valence-electron chi connectivity index (χ3n) is 3.01. The van der Waals surface area contributed by atoms with Gasteiger partial charge in [-0.15, -0.1) is 0 Å². The van der Waals surface area contributed by atoms with Gasteiger partial charge < -0.3 is 19.3 Å². The molecule has 0 unspecified atom stereocenters. The van der Waals surface area contributed by atoms with E-state index < -0.39 is 5.97 Å². The molecule has 2 rings (SSSR count). The van der Waals surface area contributed by atoms with E-state index in [1.54, 1.807) is 12.1 Å². The third-order valence-corrected chi connectivity index (χ3v) is 3.60. The van der Waals surface area contributed by atoms with Crippen LogP contribution < -0.4 is 9.47 Å². The van der Waals surface area contributed by atoms with Gasteiger partial charge in [0.2, 0.25) is 0 Å². The van der Waals surface area contributed by atoms with E-state index >= 15 is 0 Å². The Balaban J connectivity index is 2.02. The molecule has 5 nitrogen and oxygen atoms in total. The van der Waals surface area contributed by atoms with Crippen molar-refractivity contribution in [2.45, 2.75) is 12.8 Å². The van der Waals surface area contributed by atoms with Crippen molar-refractivity contribution in [3.05, 3.63) is 28.2 Å². The molecule has 1 fully saturated rings. The van der Waals surface area contributed by atoms with Crippen molar-refractivity contribution in [3.63, 3.8) is 0 Å². The van der Waals surface area contributed by atoms with Gasteiger partial charge in [-0.2, -0.15) is 0 Å². The summed E-state index contributed by atoms with van der Waals surface area (Å²) in [6.07, 6.45) is 5.03. The average Bonchev–Trinajstić information content (AvgIpc) is 3.26. The van der Waals surface area contributed by atoms with Gasteiger partial charge >= 0.3 is 5.97 Å². The van der Waals surface area contributed by atoms with Gasteiger partial charge in [-0.05, 0) is 58.5 Å². The number of benzene rings is 1. The number of halogens is 1. The molecule has 6 heteroatoms. The normalized spacial score (nSPS) is 14.4. The van der Waals surface area contributed by atoms with Crippen molar-refractivity contribution in [1.82, 2.24) is 0 Å². The molecule has 0 amide bonds. The highest BCUT2D eigenvalue weighted by Gasteiger charge is 2.21. The van der Waals surface area contributed by atoms with Crippen molar-refractivity contribution in [2.24, 2.45) is 5.92 Å². The maximum Gasteiger partial charge on any atom is 0.328 e. The van der Waals surface area contributed by atoms with Crippen LogP contribution in [0.3, 0.4) is 0 Å². The Morgan fingerprint density at radius 2 is 2.24 bits per heavy atom. The van der Waals surface area contributed by atoms with Gasteiger partial charge in [0, 0.05) is 6.08 Å². The number of rotatable bonds is 8. The summed E-state index contributed by atoms with van der Waals surface area (Å²) in [5.41, 5.74) is 0.701. The van der Waals surface area contributed by atoms with E-state index in [9.17, 15) is 4.79 Å². The fourth-order valence-electron chi connectivity index (χ4n) is 1.74. The smallest absolute Gasteiger partial charge is 0.328 e. The van der Waals surface area contributed by atoms with Gasteiger partial charge in [-0.25, -0.2) is 4.79 Å². The Morgan fingerprint density at radius 3 is 2.86 bits per heavy atom. The second-order valence-electron chi connectivity index (χ2n) is 4.78. The summed E-state index contributed by atoms with van der Waals surface area (Å²) in [5.74, 6) is 0.742. The predicted octanol–water partition coefficient (Wildman–Crippen LogP) is 3.32. The van der Waals surface area contributed by atoms with Crippen molar-refractivity contribution in [3.8, 4) is 11.5 Å². The first-order valence-electron chi connectivity index (χ1n) is 6.59. The average molecular weight is 357 g/mol. The molecule has 114 valence electrons. The van der Waals surface area contributed by atoms with E-state index in [-0.39, 0.29) is 6.79 Å². The minimum absolute atomic E-state index is 0.162. The zero-order valence-electron chi connectivity index (χ0n) is 11.7.